The molecule has 0 aliphatic carbocycles. The lowest BCUT2D eigenvalue weighted by atomic mass is 9.96. The molecule has 1 aromatic heterocycles. The van der Waals surface area contributed by atoms with Gasteiger partial charge in [0.2, 0.25) is 0 Å². The zero-order chi connectivity index (χ0) is 23.1. The van der Waals surface area contributed by atoms with Crippen molar-refractivity contribution in [3.05, 3.63) is 70.4 Å². The van der Waals surface area contributed by atoms with Crippen LogP contribution < -0.4 is 4.74 Å². The molecular formula is C25H28ClNO5. The highest BCUT2D eigenvalue weighted by Gasteiger charge is 2.20. The Bertz CT molecular complexity index is 1080. The van der Waals surface area contributed by atoms with Crippen molar-refractivity contribution in [3.63, 3.8) is 0 Å². The number of halogens is 1. The van der Waals surface area contributed by atoms with Crippen molar-refractivity contribution in [1.29, 1.82) is 0 Å². The number of hydrogen-bond donors (Lipinski definition) is 1. The van der Waals surface area contributed by atoms with E-state index in [2.05, 4.69) is 18.8 Å². The summed E-state index contributed by atoms with van der Waals surface area (Å²) >= 11 is 6.16. The zero-order valence-electron chi connectivity index (χ0n) is 18.6. The Kier molecular flexibility index (Phi) is 8.07. The number of aromatic nitrogens is 1. The van der Waals surface area contributed by atoms with Gasteiger partial charge in [0, 0.05) is 21.4 Å². The van der Waals surface area contributed by atoms with Gasteiger partial charge in [-0.05, 0) is 36.8 Å². The number of fused-ring (bicyclic) bond motifs is 1. The number of pyridine rings is 1. The number of aryl methyl sites for hydroxylation is 1. The molecule has 0 saturated carbocycles. The maximum Gasteiger partial charge on any atom is 0.341 e. The molecule has 0 aliphatic rings. The number of para-hydroxylation sites is 1. The number of carboxylic acids is 1. The standard InChI is InChI=1S/C25H28ClNO5/c1-17-10-20(26)11-19(24(17)32-14-23(28)29)12-30-15-25(2,3)16-31-13-21-9-8-18-6-4-5-7-22(18)27-21/h4-11H,12-16H2,1-3H3,(H,28,29). The summed E-state index contributed by atoms with van der Waals surface area (Å²) in [4.78, 5) is 15.5. The Morgan fingerprint density at radius 2 is 1.78 bits per heavy atom. The highest BCUT2D eigenvalue weighted by Crippen LogP contribution is 2.29. The van der Waals surface area contributed by atoms with Crippen LogP contribution in [0.1, 0.15) is 30.7 Å². The number of rotatable bonds is 11. The summed E-state index contributed by atoms with van der Waals surface area (Å²) in [6.45, 7) is 7.15. The second-order valence-electron chi connectivity index (χ2n) is 8.54. The van der Waals surface area contributed by atoms with Gasteiger partial charge in [-0.1, -0.05) is 49.7 Å². The number of aliphatic carboxylic acids is 1. The highest BCUT2D eigenvalue weighted by atomic mass is 35.5. The Hall–Kier alpha value is -2.67. The molecule has 0 saturated heterocycles. The molecule has 6 nitrogen and oxygen atoms in total. The summed E-state index contributed by atoms with van der Waals surface area (Å²) < 4.78 is 17.3. The Morgan fingerprint density at radius 1 is 1.06 bits per heavy atom. The predicted octanol–water partition coefficient (Wildman–Crippen LogP) is 5.42. The lowest BCUT2D eigenvalue weighted by Crippen LogP contribution is -2.25. The fourth-order valence-electron chi connectivity index (χ4n) is 3.35. The van der Waals surface area contributed by atoms with E-state index in [1.54, 1.807) is 12.1 Å². The minimum absolute atomic E-state index is 0.230. The van der Waals surface area contributed by atoms with Crippen molar-refractivity contribution in [3.8, 4) is 5.75 Å². The first-order valence-corrected chi connectivity index (χ1v) is 10.7. The number of hydrogen-bond acceptors (Lipinski definition) is 5. The van der Waals surface area contributed by atoms with Crippen LogP contribution in [0.5, 0.6) is 5.75 Å². The normalized spacial score (nSPS) is 11.6. The topological polar surface area (TPSA) is 77.9 Å². The third-order valence-corrected chi connectivity index (χ3v) is 5.02. The quantitative estimate of drug-likeness (QED) is 0.414. The molecule has 3 aromatic rings. The molecule has 1 heterocycles. The Morgan fingerprint density at radius 3 is 2.53 bits per heavy atom. The molecule has 1 N–H and O–H groups in total. The van der Waals surface area contributed by atoms with Gasteiger partial charge in [0.25, 0.3) is 0 Å². The first-order chi connectivity index (χ1) is 15.2. The molecule has 0 spiro atoms. The van der Waals surface area contributed by atoms with Crippen LogP contribution in [0.3, 0.4) is 0 Å². The fourth-order valence-corrected chi connectivity index (χ4v) is 3.64. The van der Waals surface area contributed by atoms with Gasteiger partial charge < -0.3 is 19.3 Å². The first kappa shape index (κ1) is 24.0. The van der Waals surface area contributed by atoms with Gasteiger partial charge in [0.05, 0.1) is 37.6 Å². The van der Waals surface area contributed by atoms with Gasteiger partial charge in [-0.2, -0.15) is 0 Å². The number of carbonyl (C=O) groups is 1. The largest absolute Gasteiger partial charge is 0.481 e. The second-order valence-corrected chi connectivity index (χ2v) is 8.97. The van der Waals surface area contributed by atoms with Crippen molar-refractivity contribution < 1.29 is 24.1 Å². The smallest absolute Gasteiger partial charge is 0.341 e. The summed E-state index contributed by atoms with van der Waals surface area (Å²) in [7, 11) is 0. The average molecular weight is 458 g/mol. The van der Waals surface area contributed by atoms with Gasteiger partial charge in [-0.15, -0.1) is 0 Å². The predicted molar refractivity (Wildman–Crippen MR) is 124 cm³/mol. The molecule has 0 fully saturated rings. The van der Waals surface area contributed by atoms with Crippen LogP contribution in [-0.2, 0) is 27.5 Å². The monoisotopic (exact) mass is 457 g/mol. The van der Waals surface area contributed by atoms with Crippen LogP contribution in [0.2, 0.25) is 5.02 Å². The summed E-state index contributed by atoms with van der Waals surface area (Å²) in [6, 6.07) is 15.5. The molecule has 2 aromatic carbocycles. The van der Waals surface area contributed by atoms with Gasteiger partial charge in [-0.25, -0.2) is 4.79 Å². The first-order valence-electron chi connectivity index (χ1n) is 10.4. The SMILES string of the molecule is Cc1cc(Cl)cc(COCC(C)(C)COCc2ccc3ccccc3n2)c1OCC(=O)O. The van der Waals surface area contributed by atoms with Gasteiger partial charge in [-0.3, -0.25) is 4.98 Å². The van der Waals surface area contributed by atoms with Crippen molar-refractivity contribution in [1.82, 2.24) is 4.98 Å². The number of ether oxygens (including phenoxy) is 3. The van der Waals surface area contributed by atoms with E-state index in [0.717, 1.165) is 22.2 Å². The summed E-state index contributed by atoms with van der Waals surface area (Å²) in [5, 5.41) is 10.6. The number of nitrogens with zero attached hydrogens (tertiary/aromatic N) is 1. The molecular weight excluding hydrogens is 430 g/mol. The van der Waals surface area contributed by atoms with Crippen molar-refractivity contribution >= 4 is 28.5 Å². The van der Waals surface area contributed by atoms with E-state index in [-0.39, 0.29) is 12.0 Å². The zero-order valence-corrected chi connectivity index (χ0v) is 19.3. The van der Waals surface area contributed by atoms with E-state index in [0.29, 0.717) is 36.2 Å². The molecule has 170 valence electrons. The van der Waals surface area contributed by atoms with E-state index in [1.807, 2.05) is 43.3 Å². The lowest BCUT2D eigenvalue weighted by Gasteiger charge is -2.24. The summed E-state index contributed by atoms with van der Waals surface area (Å²) in [5.41, 5.74) is 3.09. The van der Waals surface area contributed by atoms with Crippen LogP contribution in [0.4, 0.5) is 0 Å². The summed E-state index contributed by atoms with van der Waals surface area (Å²) in [6.07, 6.45) is 0. The highest BCUT2D eigenvalue weighted by molar-refractivity contribution is 6.30. The van der Waals surface area contributed by atoms with E-state index in [9.17, 15) is 4.79 Å². The molecule has 3 rings (SSSR count). The van der Waals surface area contributed by atoms with E-state index in [1.165, 1.54) is 0 Å². The van der Waals surface area contributed by atoms with E-state index < -0.39 is 12.6 Å². The molecule has 0 unspecified atom stereocenters. The molecule has 0 amide bonds. The van der Waals surface area contributed by atoms with Gasteiger partial charge in [0.1, 0.15) is 5.75 Å². The third-order valence-electron chi connectivity index (χ3n) is 4.81. The van der Waals surface area contributed by atoms with Crippen molar-refractivity contribution in [2.24, 2.45) is 5.41 Å². The van der Waals surface area contributed by atoms with Crippen LogP contribution in [-0.4, -0.2) is 35.9 Å². The minimum Gasteiger partial charge on any atom is -0.481 e. The maximum absolute atomic E-state index is 10.9. The van der Waals surface area contributed by atoms with Crippen LogP contribution in [0, 0.1) is 12.3 Å². The molecule has 0 aliphatic heterocycles. The van der Waals surface area contributed by atoms with Gasteiger partial charge >= 0.3 is 5.97 Å². The van der Waals surface area contributed by atoms with E-state index >= 15 is 0 Å². The van der Waals surface area contributed by atoms with Crippen molar-refractivity contribution in [2.45, 2.75) is 34.0 Å². The average Bonchev–Trinajstić information content (AvgIpc) is 2.72. The minimum atomic E-state index is -1.04. The molecule has 0 bridgehead atoms. The lowest BCUT2D eigenvalue weighted by molar-refractivity contribution is -0.139. The number of carboxylic acid groups (broad SMARTS) is 1. The molecule has 7 heteroatoms. The van der Waals surface area contributed by atoms with Crippen LogP contribution in [0.15, 0.2) is 48.5 Å². The van der Waals surface area contributed by atoms with Crippen LogP contribution >= 0.6 is 11.6 Å². The third kappa shape index (κ3) is 6.92. The maximum atomic E-state index is 10.9. The Labute approximate surface area is 193 Å². The molecule has 32 heavy (non-hydrogen) atoms. The molecule has 0 radical (unpaired) electrons. The fraction of sp³-hybridized carbons (Fsp3) is 0.360. The van der Waals surface area contributed by atoms with Crippen molar-refractivity contribution in [2.75, 3.05) is 19.8 Å². The summed E-state index contributed by atoms with van der Waals surface area (Å²) in [5.74, 6) is -0.543. The molecule has 0 atom stereocenters. The number of benzene rings is 2. The van der Waals surface area contributed by atoms with Gasteiger partial charge in [0.15, 0.2) is 6.61 Å². The Balaban J connectivity index is 1.52. The second kappa shape index (κ2) is 10.8. The van der Waals surface area contributed by atoms with Crippen LogP contribution in [0.25, 0.3) is 10.9 Å². The van der Waals surface area contributed by atoms with E-state index in [4.69, 9.17) is 30.9 Å².